The number of anilines is 1. The maximum atomic E-state index is 5.49. The van der Waals surface area contributed by atoms with Gasteiger partial charge in [0.2, 0.25) is 0 Å². The summed E-state index contributed by atoms with van der Waals surface area (Å²) < 4.78 is 10.9. The molecule has 0 amide bonds. The quantitative estimate of drug-likeness (QED) is 0.585. The molecule has 1 aliphatic heterocycles. The van der Waals surface area contributed by atoms with Gasteiger partial charge in [0.25, 0.3) is 0 Å². The van der Waals surface area contributed by atoms with Gasteiger partial charge in [-0.2, -0.15) is 0 Å². The number of hydrogen-bond acceptors (Lipinski definition) is 4. The first-order valence-electron chi connectivity index (χ1n) is 8.97. The van der Waals surface area contributed by atoms with Crippen molar-refractivity contribution in [2.24, 2.45) is 4.99 Å². The van der Waals surface area contributed by atoms with Crippen molar-refractivity contribution in [3.8, 4) is 5.75 Å². The largest absolute Gasteiger partial charge is 0.495 e. The lowest BCUT2D eigenvalue weighted by molar-refractivity contribution is 0.0310. The number of hydrogen-bond donors (Lipinski definition) is 2. The Bertz CT molecular complexity index is 574. The van der Waals surface area contributed by atoms with Crippen molar-refractivity contribution < 1.29 is 9.47 Å². The van der Waals surface area contributed by atoms with Crippen LogP contribution in [0, 0.1) is 0 Å². The molecule has 140 valence electrons. The minimum absolute atomic E-state index is 0.262. The second-order valence-corrected chi connectivity index (χ2v) is 6.91. The lowest BCUT2D eigenvalue weighted by atomic mass is 10.1. The van der Waals surface area contributed by atoms with Crippen LogP contribution < -0.4 is 20.3 Å². The fraction of sp³-hybridized carbons (Fsp3) is 0.632. The molecule has 1 aliphatic rings. The van der Waals surface area contributed by atoms with E-state index in [2.05, 4.69) is 39.6 Å². The van der Waals surface area contributed by atoms with E-state index in [1.54, 1.807) is 14.2 Å². The van der Waals surface area contributed by atoms with Crippen molar-refractivity contribution in [3.63, 3.8) is 0 Å². The summed E-state index contributed by atoms with van der Waals surface area (Å²) in [5.74, 6) is 1.77. The molecule has 0 saturated carbocycles. The Morgan fingerprint density at radius 3 is 2.76 bits per heavy atom. The summed E-state index contributed by atoms with van der Waals surface area (Å²) in [4.78, 5) is 7.04. The van der Waals surface area contributed by atoms with Crippen LogP contribution >= 0.6 is 0 Å². The number of rotatable bonds is 7. The molecule has 2 N–H and O–H groups in total. The molecule has 0 aromatic heterocycles. The van der Waals surface area contributed by atoms with Crippen LogP contribution in [0.1, 0.15) is 27.2 Å². The van der Waals surface area contributed by atoms with Crippen molar-refractivity contribution in [2.75, 3.05) is 45.3 Å². The summed E-state index contributed by atoms with van der Waals surface area (Å²) in [5, 5.41) is 6.88. The number of methoxy groups -OCH3 is 2. The van der Waals surface area contributed by atoms with Crippen molar-refractivity contribution in [1.82, 2.24) is 10.6 Å². The standard InChI is InChI=1S/C19H32N4O2/c1-6-20-18(21-14-19(2,3)25-5)22-15-11-12-23(13-15)16-9-7-8-10-17(16)24-4/h7-10,15H,6,11-14H2,1-5H3,(H2,20,21,22). The molecule has 1 heterocycles. The van der Waals surface area contributed by atoms with E-state index in [1.165, 1.54) is 0 Å². The number of benzene rings is 1. The molecule has 0 spiro atoms. The average Bonchev–Trinajstić information content (AvgIpc) is 3.08. The first-order valence-corrected chi connectivity index (χ1v) is 8.97. The topological polar surface area (TPSA) is 58.1 Å². The van der Waals surface area contributed by atoms with E-state index >= 15 is 0 Å². The summed E-state index contributed by atoms with van der Waals surface area (Å²) in [6, 6.07) is 8.53. The highest BCUT2D eigenvalue weighted by atomic mass is 16.5. The van der Waals surface area contributed by atoms with Gasteiger partial charge in [0.05, 0.1) is 24.9 Å². The summed E-state index contributed by atoms with van der Waals surface area (Å²) in [6.45, 7) is 9.54. The average molecular weight is 348 g/mol. The molecule has 1 aromatic carbocycles. The van der Waals surface area contributed by atoms with E-state index in [1.807, 2.05) is 26.0 Å². The van der Waals surface area contributed by atoms with E-state index in [4.69, 9.17) is 9.47 Å². The summed E-state index contributed by atoms with van der Waals surface area (Å²) in [5.41, 5.74) is 0.887. The Morgan fingerprint density at radius 2 is 2.08 bits per heavy atom. The molecule has 1 aromatic rings. The molecule has 25 heavy (non-hydrogen) atoms. The zero-order valence-corrected chi connectivity index (χ0v) is 16.1. The zero-order chi connectivity index (χ0) is 18.3. The highest BCUT2D eigenvalue weighted by molar-refractivity contribution is 5.80. The molecule has 6 nitrogen and oxygen atoms in total. The molecular formula is C19H32N4O2. The fourth-order valence-corrected chi connectivity index (χ4v) is 2.84. The monoisotopic (exact) mass is 348 g/mol. The van der Waals surface area contributed by atoms with Crippen LogP contribution in [-0.2, 0) is 4.74 Å². The number of ether oxygens (including phenoxy) is 2. The van der Waals surface area contributed by atoms with Crippen LogP contribution in [0.5, 0.6) is 5.75 Å². The third-order valence-electron chi connectivity index (χ3n) is 4.47. The lowest BCUT2D eigenvalue weighted by Gasteiger charge is -2.23. The predicted molar refractivity (Wildman–Crippen MR) is 104 cm³/mol. The van der Waals surface area contributed by atoms with Crippen LogP contribution in [0.3, 0.4) is 0 Å². The Kier molecular flexibility index (Phi) is 6.93. The number of nitrogens with one attached hydrogen (secondary N) is 2. The molecule has 1 atom stereocenters. The maximum absolute atomic E-state index is 5.49. The van der Waals surface area contributed by atoms with Crippen molar-refractivity contribution in [1.29, 1.82) is 0 Å². The van der Waals surface area contributed by atoms with Crippen LogP contribution in [-0.4, -0.2) is 58.0 Å². The highest BCUT2D eigenvalue weighted by Crippen LogP contribution is 2.30. The van der Waals surface area contributed by atoms with Crippen LogP contribution in [0.25, 0.3) is 0 Å². The number of guanidine groups is 1. The molecule has 1 fully saturated rings. The van der Waals surface area contributed by atoms with E-state index in [9.17, 15) is 0 Å². The van der Waals surface area contributed by atoms with Gasteiger partial charge in [-0.15, -0.1) is 0 Å². The van der Waals surface area contributed by atoms with E-state index in [-0.39, 0.29) is 5.60 Å². The minimum atomic E-state index is -0.262. The first-order chi connectivity index (χ1) is 12.0. The van der Waals surface area contributed by atoms with Gasteiger partial charge in [0, 0.05) is 32.8 Å². The third kappa shape index (κ3) is 5.53. The summed E-state index contributed by atoms with van der Waals surface area (Å²) >= 11 is 0. The van der Waals surface area contributed by atoms with Gasteiger partial charge in [0.15, 0.2) is 5.96 Å². The summed E-state index contributed by atoms with van der Waals surface area (Å²) in [6.07, 6.45) is 1.07. The van der Waals surface area contributed by atoms with E-state index < -0.39 is 0 Å². The zero-order valence-electron chi connectivity index (χ0n) is 16.1. The molecule has 2 rings (SSSR count). The van der Waals surface area contributed by atoms with Crippen LogP contribution in [0.15, 0.2) is 29.3 Å². The van der Waals surface area contributed by atoms with Gasteiger partial charge in [-0.1, -0.05) is 12.1 Å². The minimum Gasteiger partial charge on any atom is -0.495 e. The normalized spacial score (nSPS) is 18.4. The lowest BCUT2D eigenvalue weighted by Crippen LogP contribution is -2.45. The van der Waals surface area contributed by atoms with Gasteiger partial charge >= 0.3 is 0 Å². The van der Waals surface area contributed by atoms with Crippen molar-refractivity contribution in [3.05, 3.63) is 24.3 Å². The molecule has 6 heteroatoms. The van der Waals surface area contributed by atoms with Crippen LogP contribution in [0.2, 0.25) is 0 Å². The summed E-state index contributed by atoms with van der Waals surface area (Å²) in [7, 11) is 3.44. The molecular weight excluding hydrogens is 316 g/mol. The Morgan fingerprint density at radius 1 is 1.32 bits per heavy atom. The molecule has 1 unspecified atom stereocenters. The van der Waals surface area contributed by atoms with Gasteiger partial charge in [-0.05, 0) is 39.3 Å². The van der Waals surface area contributed by atoms with E-state index in [0.29, 0.717) is 12.6 Å². The van der Waals surface area contributed by atoms with Crippen LogP contribution in [0.4, 0.5) is 5.69 Å². The van der Waals surface area contributed by atoms with Gasteiger partial charge in [-0.3, -0.25) is 4.99 Å². The van der Waals surface area contributed by atoms with Crippen molar-refractivity contribution >= 4 is 11.6 Å². The molecule has 1 saturated heterocycles. The highest BCUT2D eigenvalue weighted by Gasteiger charge is 2.25. The smallest absolute Gasteiger partial charge is 0.191 e. The number of aliphatic imine (C=N–C) groups is 1. The first kappa shape index (κ1) is 19.4. The second-order valence-electron chi connectivity index (χ2n) is 6.91. The second kappa shape index (κ2) is 8.94. The molecule has 0 bridgehead atoms. The Labute approximate surface area is 151 Å². The number of para-hydroxylation sites is 2. The Hall–Kier alpha value is -1.95. The molecule has 0 radical (unpaired) electrons. The molecule has 0 aliphatic carbocycles. The fourth-order valence-electron chi connectivity index (χ4n) is 2.84. The maximum Gasteiger partial charge on any atom is 0.191 e. The van der Waals surface area contributed by atoms with Gasteiger partial charge in [-0.25, -0.2) is 0 Å². The number of nitrogens with zero attached hydrogens (tertiary/aromatic N) is 2. The third-order valence-corrected chi connectivity index (χ3v) is 4.47. The van der Waals surface area contributed by atoms with Gasteiger partial charge < -0.3 is 25.0 Å². The van der Waals surface area contributed by atoms with Crippen molar-refractivity contribution in [2.45, 2.75) is 38.8 Å². The van der Waals surface area contributed by atoms with E-state index in [0.717, 1.165) is 43.5 Å². The van der Waals surface area contributed by atoms with Gasteiger partial charge in [0.1, 0.15) is 5.75 Å². The predicted octanol–water partition coefficient (Wildman–Crippen LogP) is 2.25. The Balaban J connectivity index is 1.99. The SMILES string of the molecule is CCNC(=NCC(C)(C)OC)NC1CCN(c2ccccc2OC)C1.